The lowest BCUT2D eigenvalue weighted by atomic mass is 10.0. The number of benzene rings is 4. The highest BCUT2D eigenvalue weighted by atomic mass is 32.2. The van der Waals surface area contributed by atoms with E-state index in [-0.39, 0.29) is 11.6 Å². The van der Waals surface area contributed by atoms with Crippen molar-refractivity contribution in [2.45, 2.75) is 46.0 Å². The van der Waals surface area contributed by atoms with Gasteiger partial charge in [0.15, 0.2) is 31.9 Å². The molecule has 4 aromatic carbocycles. The standard InChI is InChI=1S/C31H26FOS/c32-29-24-28(34(26-14-6-2-7-15-26)27-16-8-3-9-17-27)18-19-30(29)33-31(21-10-11-22-31)23-20-25-12-4-1-5-13-25/h1-9,12-19,24H,10-11,21-22H2/q+1. The third-order valence-corrected chi connectivity index (χ3v) is 8.23. The fourth-order valence-corrected chi connectivity index (χ4v) is 6.43. The number of rotatable bonds is 5. The minimum Gasteiger partial charge on any atom is -0.471 e. The van der Waals surface area contributed by atoms with E-state index < -0.39 is 16.5 Å². The third kappa shape index (κ3) is 5.03. The van der Waals surface area contributed by atoms with Crippen LogP contribution in [0.3, 0.4) is 0 Å². The molecule has 0 N–H and O–H groups in total. The Hall–Kier alpha value is -3.48. The Bertz CT molecular complexity index is 1250. The lowest BCUT2D eigenvalue weighted by molar-refractivity contribution is 0.131. The second-order valence-corrected chi connectivity index (χ2v) is 10.5. The van der Waals surface area contributed by atoms with Gasteiger partial charge in [0.05, 0.1) is 10.9 Å². The molecule has 5 rings (SSSR count). The Balaban J connectivity index is 1.46. The maximum absolute atomic E-state index is 15.5. The largest absolute Gasteiger partial charge is 0.471 e. The molecule has 4 aromatic rings. The van der Waals surface area contributed by atoms with Gasteiger partial charge in [-0.3, -0.25) is 0 Å². The Morgan fingerprint density at radius 1 is 0.676 bits per heavy atom. The third-order valence-electron chi connectivity index (χ3n) is 6.02. The minimum absolute atomic E-state index is 0.276. The Morgan fingerprint density at radius 2 is 1.24 bits per heavy atom. The highest BCUT2D eigenvalue weighted by Gasteiger charge is 2.36. The van der Waals surface area contributed by atoms with Crippen LogP contribution in [0.1, 0.15) is 31.2 Å². The van der Waals surface area contributed by atoms with Crippen LogP contribution in [-0.4, -0.2) is 5.60 Å². The van der Waals surface area contributed by atoms with E-state index >= 15 is 4.39 Å². The summed E-state index contributed by atoms with van der Waals surface area (Å²) < 4.78 is 21.8. The topological polar surface area (TPSA) is 9.23 Å². The van der Waals surface area contributed by atoms with Crippen LogP contribution in [0.4, 0.5) is 4.39 Å². The molecule has 0 bridgehead atoms. The van der Waals surface area contributed by atoms with E-state index in [0.717, 1.165) is 45.9 Å². The molecule has 0 amide bonds. The maximum atomic E-state index is 15.5. The van der Waals surface area contributed by atoms with Gasteiger partial charge in [-0.2, -0.15) is 0 Å². The summed E-state index contributed by atoms with van der Waals surface area (Å²) in [6.07, 6.45) is 3.70. The molecule has 1 fully saturated rings. The van der Waals surface area contributed by atoms with Crippen molar-refractivity contribution < 1.29 is 9.13 Å². The van der Waals surface area contributed by atoms with E-state index in [0.29, 0.717) is 0 Å². The summed E-state index contributed by atoms with van der Waals surface area (Å²) in [5.41, 5.74) is 0.307. The van der Waals surface area contributed by atoms with E-state index in [2.05, 4.69) is 36.1 Å². The Morgan fingerprint density at radius 3 is 1.79 bits per heavy atom. The second-order valence-electron chi connectivity index (χ2n) is 8.44. The normalized spacial score (nSPS) is 14.4. The first kappa shape index (κ1) is 22.3. The van der Waals surface area contributed by atoms with Gasteiger partial charge < -0.3 is 4.74 Å². The minimum atomic E-state index is -0.640. The SMILES string of the molecule is Fc1cc([S+](c2ccccc2)c2ccccc2)ccc1OC1(C#Cc2ccccc2)CCCC1. The summed E-state index contributed by atoms with van der Waals surface area (Å²) in [6.45, 7) is 0. The van der Waals surface area contributed by atoms with Crippen molar-refractivity contribution in [3.63, 3.8) is 0 Å². The first-order chi connectivity index (χ1) is 16.7. The molecule has 0 spiro atoms. The van der Waals surface area contributed by atoms with Gasteiger partial charge in [0.1, 0.15) is 0 Å². The average molecular weight is 466 g/mol. The highest BCUT2D eigenvalue weighted by molar-refractivity contribution is 7.97. The maximum Gasteiger partial charge on any atom is 0.170 e. The first-order valence-electron chi connectivity index (χ1n) is 11.6. The van der Waals surface area contributed by atoms with Crippen molar-refractivity contribution in [1.29, 1.82) is 0 Å². The van der Waals surface area contributed by atoms with Gasteiger partial charge in [-0.1, -0.05) is 66.4 Å². The van der Waals surface area contributed by atoms with E-state index in [1.54, 1.807) is 12.1 Å². The lowest BCUT2D eigenvalue weighted by Gasteiger charge is -2.25. The molecule has 34 heavy (non-hydrogen) atoms. The van der Waals surface area contributed by atoms with Gasteiger partial charge >= 0.3 is 0 Å². The number of hydrogen-bond donors (Lipinski definition) is 0. The molecule has 3 heteroatoms. The van der Waals surface area contributed by atoms with Crippen molar-refractivity contribution in [3.8, 4) is 17.6 Å². The van der Waals surface area contributed by atoms with Gasteiger partial charge in [0, 0.05) is 11.6 Å². The highest BCUT2D eigenvalue weighted by Crippen LogP contribution is 2.37. The van der Waals surface area contributed by atoms with Crippen molar-refractivity contribution in [1.82, 2.24) is 0 Å². The fraction of sp³-hybridized carbons (Fsp3) is 0.161. The number of hydrogen-bond acceptors (Lipinski definition) is 1. The molecule has 0 radical (unpaired) electrons. The summed E-state index contributed by atoms with van der Waals surface area (Å²) in [5, 5.41) is 0. The van der Waals surface area contributed by atoms with Crippen molar-refractivity contribution in [2.75, 3.05) is 0 Å². The second kappa shape index (κ2) is 10.2. The molecule has 168 valence electrons. The van der Waals surface area contributed by atoms with E-state index in [9.17, 15) is 0 Å². The van der Waals surface area contributed by atoms with Crippen LogP contribution in [0.5, 0.6) is 5.75 Å². The van der Waals surface area contributed by atoms with Crippen LogP contribution in [0.25, 0.3) is 0 Å². The Kier molecular flexibility index (Phi) is 6.70. The van der Waals surface area contributed by atoms with Crippen LogP contribution in [-0.2, 0) is 10.9 Å². The van der Waals surface area contributed by atoms with E-state index in [1.807, 2.05) is 72.8 Å². The van der Waals surface area contributed by atoms with Crippen LogP contribution >= 0.6 is 0 Å². The molecule has 1 aliphatic carbocycles. The van der Waals surface area contributed by atoms with Crippen LogP contribution < -0.4 is 4.74 Å². The lowest BCUT2D eigenvalue weighted by Crippen LogP contribution is -2.31. The van der Waals surface area contributed by atoms with Gasteiger partial charge in [-0.25, -0.2) is 4.39 Å². The monoisotopic (exact) mass is 465 g/mol. The Labute approximate surface area is 204 Å². The van der Waals surface area contributed by atoms with Crippen LogP contribution in [0.2, 0.25) is 0 Å². The van der Waals surface area contributed by atoms with Gasteiger partial charge in [0.2, 0.25) is 0 Å². The van der Waals surface area contributed by atoms with Gasteiger partial charge in [0.25, 0.3) is 0 Å². The predicted molar refractivity (Wildman–Crippen MR) is 137 cm³/mol. The molecule has 1 nitrogen and oxygen atoms in total. The molecular formula is C31H26FOS+. The van der Waals surface area contributed by atoms with E-state index in [4.69, 9.17) is 4.74 Å². The van der Waals surface area contributed by atoms with Crippen molar-refractivity contribution in [2.24, 2.45) is 0 Å². The average Bonchev–Trinajstić information content (AvgIpc) is 3.35. The summed E-state index contributed by atoms with van der Waals surface area (Å²) in [6, 6.07) is 35.8. The molecular weight excluding hydrogens is 439 g/mol. The molecule has 0 unspecified atom stereocenters. The smallest absolute Gasteiger partial charge is 0.170 e. The van der Waals surface area contributed by atoms with E-state index in [1.165, 1.54) is 0 Å². The summed E-state index contributed by atoms with van der Waals surface area (Å²) in [5.74, 6) is 6.52. The molecule has 0 saturated heterocycles. The quantitative estimate of drug-likeness (QED) is 0.217. The summed E-state index contributed by atoms with van der Waals surface area (Å²) >= 11 is 0. The van der Waals surface area contributed by atoms with Crippen LogP contribution in [0, 0.1) is 17.7 Å². The molecule has 1 aliphatic rings. The summed E-state index contributed by atoms with van der Waals surface area (Å²) in [4.78, 5) is 3.24. The molecule has 1 saturated carbocycles. The molecule has 0 aliphatic heterocycles. The zero-order valence-electron chi connectivity index (χ0n) is 18.9. The van der Waals surface area contributed by atoms with Crippen molar-refractivity contribution >= 4 is 10.9 Å². The first-order valence-corrected chi connectivity index (χ1v) is 12.9. The van der Waals surface area contributed by atoms with Crippen molar-refractivity contribution in [3.05, 3.63) is 121 Å². The zero-order valence-corrected chi connectivity index (χ0v) is 19.7. The van der Waals surface area contributed by atoms with Crippen LogP contribution in [0.15, 0.2) is 124 Å². The number of halogens is 1. The summed E-state index contributed by atoms with van der Waals surface area (Å²) in [7, 11) is -0.399. The number of ether oxygens (including phenoxy) is 1. The molecule has 0 heterocycles. The molecule has 0 atom stereocenters. The fourth-order valence-electron chi connectivity index (χ4n) is 4.33. The molecule has 0 aromatic heterocycles. The van der Waals surface area contributed by atoms with Gasteiger partial charge in [-0.05, 0) is 74.2 Å². The predicted octanol–water partition coefficient (Wildman–Crippen LogP) is 7.66. The zero-order chi connectivity index (χ0) is 23.2. The van der Waals surface area contributed by atoms with Gasteiger partial charge in [-0.15, -0.1) is 0 Å².